The van der Waals surface area contributed by atoms with Gasteiger partial charge in [0.1, 0.15) is 5.75 Å². The fraction of sp³-hybridized carbons (Fsp3) is 0.333. The molecule has 6 heteroatoms. The number of carbonyl (C=O) groups excluding carboxylic acids is 2. The largest absolute Gasteiger partial charge is 0.484 e. The molecule has 1 aliphatic rings. The molecule has 0 spiro atoms. The molecule has 1 heterocycles. The first-order chi connectivity index (χ1) is 13.0. The van der Waals surface area contributed by atoms with Gasteiger partial charge >= 0.3 is 0 Å². The van der Waals surface area contributed by atoms with E-state index in [4.69, 9.17) is 9.47 Å². The van der Waals surface area contributed by atoms with Gasteiger partial charge in [-0.25, -0.2) is 0 Å². The number of nitrogens with one attached hydrogen (secondary N) is 1. The number of carbonyl (C=O) groups is 2. The van der Waals surface area contributed by atoms with Crippen LogP contribution >= 0.6 is 0 Å². The molecule has 0 aromatic heterocycles. The summed E-state index contributed by atoms with van der Waals surface area (Å²) in [6, 6.07) is 14.5. The van der Waals surface area contributed by atoms with Gasteiger partial charge in [-0.15, -0.1) is 0 Å². The second kappa shape index (κ2) is 8.68. The number of hydrogen-bond acceptors (Lipinski definition) is 4. The molecule has 0 aliphatic carbocycles. The Morgan fingerprint density at radius 1 is 1.22 bits per heavy atom. The fourth-order valence-electron chi connectivity index (χ4n) is 2.91. The van der Waals surface area contributed by atoms with Crippen molar-refractivity contribution in [2.75, 3.05) is 31.7 Å². The van der Waals surface area contributed by atoms with Crippen LogP contribution in [-0.4, -0.2) is 49.1 Å². The van der Waals surface area contributed by atoms with Crippen LogP contribution in [0.25, 0.3) is 0 Å². The van der Waals surface area contributed by atoms with E-state index in [2.05, 4.69) is 5.32 Å². The van der Waals surface area contributed by atoms with Crippen molar-refractivity contribution in [1.82, 2.24) is 4.90 Å². The first-order valence-electron chi connectivity index (χ1n) is 9.01. The van der Waals surface area contributed by atoms with Gasteiger partial charge in [0.15, 0.2) is 6.61 Å². The molecule has 1 N–H and O–H groups in total. The number of aryl methyl sites for hydroxylation is 1. The van der Waals surface area contributed by atoms with E-state index in [1.807, 2.05) is 38.1 Å². The number of nitrogens with zero attached hydrogens (tertiary/aromatic N) is 1. The zero-order valence-electron chi connectivity index (χ0n) is 15.6. The maximum Gasteiger partial charge on any atom is 0.262 e. The van der Waals surface area contributed by atoms with E-state index in [0.29, 0.717) is 36.8 Å². The average molecular weight is 368 g/mol. The summed E-state index contributed by atoms with van der Waals surface area (Å²) in [5.41, 5.74) is 2.24. The fourth-order valence-corrected chi connectivity index (χ4v) is 2.91. The standard InChI is InChI=1S/C21H24N2O4/c1-15-6-8-19(9-7-15)27-14-20(24)22-18-5-3-4-17(12-18)21(25)23-10-11-26-13-16(23)2/h3-9,12,16H,10-11,13-14H2,1-2H3,(H,22,24). The van der Waals surface area contributed by atoms with E-state index in [9.17, 15) is 9.59 Å². The molecular formula is C21H24N2O4. The monoisotopic (exact) mass is 368 g/mol. The third kappa shape index (κ3) is 5.08. The highest BCUT2D eigenvalue weighted by molar-refractivity contribution is 5.97. The summed E-state index contributed by atoms with van der Waals surface area (Å²) in [6.07, 6.45) is 0. The Hall–Kier alpha value is -2.86. The lowest BCUT2D eigenvalue weighted by molar-refractivity contribution is -0.118. The Bertz CT molecular complexity index is 804. The smallest absolute Gasteiger partial charge is 0.262 e. The van der Waals surface area contributed by atoms with Crippen LogP contribution in [0.2, 0.25) is 0 Å². The summed E-state index contributed by atoms with van der Waals surface area (Å²) in [7, 11) is 0. The summed E-state index contributed by atoms with van der Waals surface area (Å²) >= 11 is 0. The molecule has 3 rings (SSSR count). The first-order valence-corrected chi connectivity index (χ1v) is 9.01. The number of morpholine rings is 1. The van der Waals surface area contributed by atoms with Crippen LogP contribution in [-0.2, 0) is 9.53 Å². The van der Waals surface area contributed by atoms with Gasteiger partial charge in [-0.1, -0.05) is 23.8 Å². The van der Waals surface area contributed by atoms with Crippen molar-refractivity contribution in [2.45, 2.75) is 19.9 Å². The Balaban J connectivity index is 1.58. The number of anilines is 1. The molecule has 1 aliphatic heterocycles. The highest BCUT2D eigenvalue weighted by Gasteiger charge is 2.24. The number of amides is 2. The molecule has 2 aromatic rings. The van der Waals surface area contributed by atoms with Gasteiger partial charge in [0.2, 0.25) is 0 Å². The molecule has 2 aromatic carbocycles. The molecule has 27 heavy (non-hydrogen) atoms. The summed E-state index contributed by atoms with van der Waals surface area (Å²) in [4.78, 5) is 26.7. The van der Waals surface area contributed by atoms with Crippen LogP contribution < -0.4 is 10.1 Å². The second-order valence-electron chi connectivity index (χ2n) is 6.65. The van der Waals surface area contributed by atoms with Gasteiger partial charge in [0.05, 0.1) is 19.3 Å². The minimum atomic E-state index is -0.278. The van der Waals surface area contributed by atoms with Crippen molar-refractivity contribution in [3.05, 3.63) is 59.7 Å². The van der Waals surface area contributed by atoms with Crippen LogP contribution in [0.1, 0.15) is 22.8 Å². The Kier molecular flexibility index (Phi) is 6.08. The van der Waals surface area contributed by atoms with Gasteiger partial charge in [0.25, 0.3) is 11.8 Å². The average Bonchev–Trinajstić information content (AvgIpc) is 2.67. The quantitative estimate of drug-likeness (QED) is 0.881. The number of ether oxygens (including phenoxy) is 2. The Morgan fingerprint density at radius 3 is 2.74 bits per heavy atom. The van der Waals surface area contributed by atoms with E-state index in [0.717, 1.165) is 5.56 Å². The molecule has 1 saturated heterocycles. The molecule has 0 bridgehead atoms. The lowest BCUT2D eigenvalue weighted by atomic mass is 10.1. The van der Waals surface area contributed by atoms with E-state index >= 15 is 0 Å². The summed E-state index contributed by atoms with van der Waals surface area (Å²) < 4.78 is 10.9. The van der Waals surface area contributed by atoms with Gasteiger partial charge < -0.3 is 19.7 Å². The molecule has 1 atom stereocenters. The summed E-state index contributed by atoms with van der Waals surface area (Å²) in [5, 5.41) is 2.77. The van der Waals surface area contributed by atoms with E-state index in [-0.39, 0.29) is 24.5 Å². The molecular weight excluding hydrogens is 344 g/mol. The van der Waals surface area contributed by atoms with E-state index < -0.39 is 0 Å². The van der Waals surface area contributed by atoms with Crippen LogP contribution in [0.4, 0.5) is 5.69 Å². The maximum atomic E-state index is 12.7. The van der Waals surface area contributed by atoms with Gasteiger partial charge in [-0.2, -0.15) is 0 Å². The highest BCUT2D eigenvalue weighted by Crippen LogP contribution is 2.16. The topological polar surface area (TPSA) is 67.9 Å². The molecule has 142 valence electrons. The molecule has 0 radical (unpaired) electrons. The predicted octanol–water partition coefficient (Wildman–Crippen LogP) is 2.87. The number of rotatable bonds is 5. The van der Waals surface area contributed by atoms with Gasteiger partial charge in [-0.05, 0) is 44.2 Å². The van der Waals surface area contributed by atoms with Crippen molar-refractivity contribution in [3.63, 3.8) is 0 Å². The van der Waals surface area contributed by atoms with Crippen LogP contribution in [0.3, 0.4) is 0 Å². The lowest BCUT2D eigenvalue weighted by Gasteiger charge is -2.33. The normalized spacial score (nSPS) is 16.7. The van der Waals surface area contributed by atoms with Crippen molar-refractivity contribution in [3.8, 4) is 5.75 Å². The minimum Gasteiger partial charge on any atom is -0.484 e. The molecule has 2 amide bonds. The Labute approximate surface area is 159 Å². The highest BCUT2D eigenvalue weighted by atomic mass is 16.5. The van der Waals surface area contributed by atoms with E-state index in [1.165, 1.54) is 0 Å². The third-order valence-corrected chi connectivity index (χ3v) is 4.41. The molecule has 6 nitrogen and oxygen atoms in total. The van der Waals surface area contributed by atoms with Crippen molar-refractivity contribution >= 4 is 17.5 Å². The number of benzene rings is 2. The summed E-state index contributed by atoms with van der Waals surface area (Å²) in [5.74, 6) is 0.304. The van der Waals surface area contributed by atoms with Crippen molar-refractivity contribution in [2.24, 2.45) is 0 Å². The van der Waals surface area contributed by atoms with Crippen molar-refractivity contribution < 1.29 is 19.1 Å². The molecule has 1 unspecified atom stereocenters. The third-order valence-electron chi connectivity index (χ3n) is 4.41. The molecule has 0 saturated carbocycles. The Morgan fingerprint density at radius 2 is 2.00 bits per heavy atom. The first kappa shape index (κ1) is 18.9. The second-order valence-corrected chi connectivity index (χ2v) is 6.65. The zero-order valence-corrected chi connectivity index (χ0v) is 15.6. The van der Waals surface area contributed by atoms with Crippen LogP contribution in [0.15, 0.2) is 48.5 Å². The van der Waals surface area contributed by atoms with E-state index in [1.54, 1.807) is 29.2 Å². The van der Waals surface area contributed by atoms with Gasteiger partial charge in [0, 0.05) is 17.8 Å². The van der Waals surface area contributed by atoms with Crippen molar-refractivity contribution in [1.29, 1.82) is 0 Å². The maximum absolute atomic E-state index is 12.7. The van der Waals surface area contributed by atoms with Crippen LogP contribution in [0.5, 0.6) is 5.75 Å². The zero-order chi connectivity index (χ0) is 19.2. The SMILES string of the molecule is Cc1ccc(OCC(=O)Nc2cccc(C(=O)N3CCOCC3C)c2)cc1. The molecule has 1 fully saturated rings. The van der Waals surface area contributed by atoms with Gasteiger partial charge in [-0.3, -0.25) is 9.59 Å². The lowest BCUT2D eigenvalue weighted by Crippen LogP contribution is -2.47. The predicted molar refractivity (Wildman–Crippen MR) is 103 cm³/mol. The minimum absolute atomic E-state index is 0.0346. The summed E-state index contributed by atoms with van der Waals surface area (Å²) in [6.45, 7) is 5.51. The van der Waals surface area contributed by atoms with Crippen LogP contribution in [0, 0.1) is 6.92 Å². The number of hydrogen-bond donors (Lipinski definition) is 1.